The molecule has 1 aromatic heterocycles. The molecular weight excluding hydrogens is 629 g/mol. The molecule has 7 aromatic rings. The molecule has 2 aliphatic rings. The van der Waals surface area contributed by atoms with Crippen LogP contribution < -0.4 is 4.90 Å². The Kier molecular flexibility index (Phi) is 8.50. The van der Waals surface area contributed by atoms with Crippen LogP contribution in [0.15, 0.2) is 205 Å². The van der Waals surface area contributed by atoms with Crippen molar-refractivity contribution < 1.29 is 0 Å². The maximum atomic E-state index is 2.46. The second-order valence-corrected chi connectivity index (χ2v) is 14.0. The van der Waals surface area contributed by atoms with Crippen molar-refractivity contribution in [3.63, 3.8) is 0 Å². The number of para-hydroxylation sites is 3. The van der Waals surface area contributed by atoms with Crippen LogP contribution in [0, 0.1) is 0 Å². The summed E-state index contributed by atoms with van der Waals surface area (Å²) in [4.78, 5) is 2.35. The highest BCUT2D eigenvalue weighted by molar-refractivity contribution is 6.10. The van der Waals surface area contributed by atoms with Gasteiger partial charge in [0.2, 0.25) is 0 Å². The Morgan fingerprint density at radius 2 is 1.21 bits per heavy atom. The van der Waals surface area contributed by atoms with Crippen molar-refractivity contribution in [2.45, 2.75) is 38.0 Å². The zero-order valence-corrected chi connectivity index (χ0v) is 29.6. The minimum atomic E-state index is 0.342. The van der Waals surface area contributed by atoms with Crippen LogP contribution in [0.1, 0.15) is 49.1 Å². The second kappa shape index (κ2) is 13.9. The van der Waals surface area contributed by atoms with Gasteiger partial charge < -0.3 is 9.47 Å². The van der Waals surface area contributed by atoms with Gasteiger partial charge in [-0.2, -0.15) is 0 Å². The van der Waals surface area contributed by atoms with E-state index in [9.17, 15) is 0 Å². The van der Waals surface area contributed by atoms with Crippen LogP contribution >= 0.6 is 0 Å². The summed E-state index contributed by atoms with van der Waals surface area (Å²) in [5.41, 5.74) is 14.1. The normalized spacial score (nSPS) is 17.1. The summed E-state index contributed by atoms with van der Waals surface area (Å²) in [7, 11) is 0. The highest BCUT2D eigenvalue weighted by Crippen LogP contribution is 2.42. The molecule has 0 bridgehead atoms. The summed E-state index contributed by atoms with van der Waals surface area (Å²) in [6.45, 7) is 2.31. The van der Waals surface area contributed by atoms with Gasteiger partial charge in [-0.15, -0.1) is 0 Å². The average Bonchev–Trinajstić information content (AvgIpc) is 3.55. The Labute approximate surface area is 307 Å². The molecule has 2 unspecified atom stereocenters. The third-order valence-electron chi connectivity index (χ3n) is 10.9. The second-order valence-electron chi connectivity index (χ2n) is 14.0. The van der Waals surface area contributed by atoms with Crippen molar-refractivity contribution >= 4 is 38.9 Å². The van der Waals surface area contributed by atoms with Crippen molar-refractivity contribution in [3.8, 4) is 5.69 Å². The van der Waals surface area contributed by atoms with E-state index < -0.39 is 0 Å². The molecule has 0 saturated carbocycles. The summed E-state index contributed by atoms with van der Waals surface area (Å²) in [6, 6.07) is 57.1. The number of rotatable bonds is 8. The largest absolute Gasteiger partial charge is 0.310 e. The van der Waals surface area contributed by atoms with Gasteiger partial charge in [-0.25, -0.2) is 0 Å². The molecular formula is C50H42N2. The van der Waals surface area contributed by atoms with E-state index in [4.69, 9.17) is 0 Å². The third kappa shape index (κ3) is 5.91. The molecule has 0 N–H and O–H groups in total. The number of hydrogen-bond donors (Lipinski definition) is 0. The molecule has 0 amide bonds. The number of hydrogen-bond acceptors (Lipinski definition) is 1. The lowest BCUT2D eigenvalue weighted by molar-refractivity contribution is 0.772. The number of allylic oxidation sites excluding steroid dienone is 8. The van der Waals surface area contributed by atoms with Crippen LogP contribution in [0.5, 0.6) is 0 Å². The molecule has 2 nitrogen and oxygen atoms in total. The third-order valence-corrected chi connectivity index (χ3v) is 10.9. The first-order chi connectivity index (χ1) is 25.7. The van der Waals surface area contributed by atoms with Crippen LogP contribution in [0.2, 0.25) is 0 Å². The van der Waals surface area contributed by atoms with E-state index in [0.29, 0.717) is 11.8 Å². The zero-order valence-electron chi connectivity index (χ0n) is 29.6. The summed E-state index contributed by atoms with van der Waals surface area (Å²) in [5.74, 6) is 0.797. The van der Waals surface area contributed by atoms with Crippen molar-refractivity contribution in [3.05, 3.63) is 216 Å². The van der Waals surface area contributed by atoms with E-state index in [1.54, 1.807) is 5.57 Å². The SMILES string of the molecule is CCC1=C(C2=CCC(c3ccccc3)C=C2)C=CC(c2ccc3c(c2)c2ccc(N(c4ccccc4)c4ccccc4)cc2n3-c2ccccc2)C1. The lowest BCUT2D eigenvalue weighted by Crippen LogP contribution is -2.09. The fourth-order valence-electron chi connectivity index (χ4n) is 8.26. The standard InChI is InChI=1S/C50H42N2/c1-2-36-33-40(27-30-46(36)39-25-23-38(24-26-39)37-15-7-3-8-16-37)41-28-32-49-48(34-41)47-31-29-45(35-50(47)52(49)44-21-13-6-14-22-44)51(42-17-9-4-10-18-42)43-19-11-5-12-20-43/h3-23,25-32,34-35,38,40H,2,24,33H2,1H3. The number of nitrogens with zero attached hydrogens (tertiary/aromatic N) is 2. The van der Waals surface area contributed by atoms with Crippen LogP contribution in [-0.2, 0) is 0 Å². The van der Waals surface area contributed by atoms with Gasteiger partial charge in [-0.05, 0) is 102 Å². The van der Waals surface area contributed by atoms with E-state index in [1.807, 2.05) is 0 Å². The Morgan fingerprint density at radius 3 is 1.87 bits per heavy atom. The molecule has 0 aliphatic heterocycles. The molecule has 2 aliphatic carbocycles. The molecule has 2 heteroatoms. The van der Waals surface area contributed by atoms with Gasteiger partial charge in [0.05, 0.1) is 11.0 Å². The zero-order chi connectivity index (χ0) is 34.9. The Balaban J connectivity index is 1.09. The quantitative estimate of drug-likeness (QED) is 0.156. The summed E-state index contributed by atoms with van der Waals surface area (Å²) in [6.07, 6.45) is 15.2. The number of fused-ring (bicyclic) bond motifs is 3. The van der Waals surface area contributed by atoms with Gasteiger partial charge in [0.15, 0.2) is 0 Å². The van der Waals surface area contributed by atoms with E-state index >= 15 is 0 Å². The summed E-state index contributed by atoms with van der Waals surface area (Å²) in [5, 5.41) is 2.56. The van der Waals surface area contributed by atoms with Crippen molar-refractivity contribution in [2.24, 2.45) is 0 Å². The van der Waals surface area contributed by atoms with Crippen LogP contribution in [0.3, 0.4) is 0 Å². The van der Waals surface area contributed by atoms with Gasteiger partial charge in [0.25, 0.3) is 0 Å². The maximum Gasteiger partial charge on any atom is 0.0561 e. The maximum absolute atomic E-state index is 2.46. The van der Waals surface area contributed by atoms with Gasteiger partial charge in [-0.1, -0.05) is 140 Å². The predicted octanol–water partition coefficient (Wildman–Crippen LogP) is 13.7. The minimum absolute atomic E-state index is 0.342. The van der Waals surface area contributed by atoms with Crippen LogP contribution in [0.25, 0.3) is 27.5 Å². The van der Waals surface area contributed by atoms with Crippen molar-refractivity contribution in [1.82, 2.24) is 4.57 Å². The van der Waals surface area contributed by atoms with Gasteiger partial charge in [0, 0.05) is 45.4 Å². The van der Waals surface area contributed by atoms with Crippen LogP contribution in [-0.4, -0.2) is 4.57 Å². The Hall–Kier alpha value is -6.12. The summed E-state index contributed by atoms with van der Waals surface area (Å²) < 4.78 is 2.43. The molecule has 52 heavy (non-hydrogen) atoms. The van der Waals surface area contributed by atoms with Gasteiger partial charge in [-0.3, -0.25) is 0 Å². The molecule has 0 fully saturated rings. The molecule has 0 saturated heterocycles. The van der Waals surface area contributed by atoms with E-state index in [2.05, 4.69) is 204 Å². The van der Waals surface area contributed by atoms with Crippen molar-refractivity contribution in [2.75, 3.05) is 4.90 Å². The highest BCUT2D eigenvalue weighted by Gasteiger charge is 2.23. The van der Waals surface area contributed by atoms with E-state index in [1.165, 1.54) is 49.8 Å². The first-order valence-corrected chi connectivity index (χ1v) is 18.6. The van der Waals surface area contributed by atoms with Crippen molar-refractivity contribution in [1.29, 1.82) is 0 Å². The predicted molar refractivity (Wildman–Crippen MR) is 220 cm³/mol. The fourth-order valence-corrected chi connectivity index (χ4v) is 8.26. The molecule has 252 valence electrons. The summed E-state index contributed by atoms with van der Waals surface area (Å²) >= 11 is 0. The molecule has 1 heterocycles. The number of aromatic nitrogens is 1. The topological polar surface area (TPSA) is 8.17 Å². The Morgan fingerprint density at radius 1 is 0.558 bits per heavy atom. The number of anilines is 3. The van der Waals surface area contributed by atoms with Gasteiger partial charge >= 0.3 is 0 Å². The highest BCUT2D eigenvalue weighted by atomic mass is 15.1. The molecule has 9 rings (SSSR count). The van der Waals surface area contributed by atoms with E-state index in [0.717, 1.165) is 36.3 Å². The van der Waals surface area contributed by atoms with Gasteiger partial charge in [0.1, 0.15) is 0 Å². The lowest BCUT2D eigenvalue weighted by Gasteiger charge is -2.25. The fraction of sp³-hybridized carbons (Fsp3) is 0.120. The minimum Gasteiger partial charge on any atom is -0.310 e. The molecule has 2 atom stereocenters. The van der Waals surface area contributed by atoms with Crippen LogP contribution in [0.4, 0.5) is 17.1 Å². The first-order valence-electron chi connectivity index (χ1n) is 18.6. The average molecular weight is 671 g/mol. The molecule has 6 aromatic carbocycles. The Bertz CT molecular complexity index is 2440. The molecule has 0 spiro atoms. The number of benzene rings is 6. The smallest absolute Gasteiger partial charge is 0.0561 e. The lowest BCUT2D eigenvalue weighted by atomic mass is 9.80. The monoisotopic (exact) mass is 670 g/mol. The molecule has 0 radical (unpaired) electrons. The first kappa shape index (κ1) is 31.8. The van der Waals surface area contributed by atoms with E-state index in [-0.39, 0.29) is 0 Å².